The van der Waals surface area contributed by atoms with Crippen molar-refractivity contribution >= 4 is 35.6 Å². The molecule has 0 aromatic heterocycles. The Labute approximate surface area is 215 Å². The normalized spacial score (nSPS) is 28.4. The van der Waals surface area contributed by atoms with E-state index in [4.69, 9.17) is 4.74 Å². The van der Waals surface area contributed by atoms with E-state index in [9.17, 15) is 33.9 Å². The van der Waals surface area contributed by atoms with Crippen molar-refractivity contribution in [2.75, 3.05) is 34.3 Å². The molecule has 1 unspecified atom stereocenters. The van der Waals surface area contributed by atoms with E-state index < -0.39 is 36.1 Å². The van der Waals surface area contributed by atoms with Gasteiger partial charge in [0.05, 0.1) is 19.2 Å². The van der Waals surface area contributed by atoms with Gasteiger partial charge >= 0.3 is 11.9 Å². The molecule has 4 heterocycles. The monoisotopic (exact) mass is 524 g/mol. The first-order valence-electron chi connectivity index (χ1n) is 12.6. The number of nitrogens with zero attached hydrogens (tertiary/aromatic N) is 4. The van der Waals surface area contributed by atoms with E-state index in [-0.39, 0.29) is 30.0 Å². The number of aliphatic carboxylic acids is 1. The average molecular weight is 525 g/mol. The highest BCUT2D eigenvalue weighted by atomic mass is 16.5. The van der Waals surface area contributed by atoms with Crippen molar-refractivity contribution in [2.45, 2.75) is 75.5 Å². The summed E-state index contributed by atoms with van der Waals surface area (Å²) in [4.78, 5) is 71.7. The lowest BCUT2D eigenvalue weighted by Gasteiger charge is -2.42. The number of ether oxygens (including phenoxy) is 1. The topological polar surface area (TPSA) is 169 Å². The SMILES string of the molecule is CN[C@H]1CCC(=O)N2CCCC(C(=O)O)N2C1=O.CN[C@H]1CCC(=O)N2CCC[C@@H](C(=O)OC)N2C1=O. The highest BCUT2D eigenvalue weighted by Gasteiger charge is 2.45. The minimum absolute atomic E-state index is 0.111. The van der Waals surface area contributed by atoms with Crippen LogP contribution >= 0.6 is 0 Å². The second kappa shape index (κ2) is 12.3. The van der Waals surface area contributed by atoms with E-state index in [1.807, 2.05) is 0 Å². The number of esters is 1. The number of carbonyl (C=O) groups is 6. The number of hydrazine groups is 2. The first kappa shape index (κ1) is 28.3. The molecule has 4 saturated heterocycles. The summed E-state index contributed by atoms with van der Waals surface area (Å²) in [6.45, 7) is 0.902. The molecule has 4 atom stereocenters. The number of carboxylic acids is 1. The van der Waals surface area contributed by atoms with Crippen LogP contribution in [0.25, 0.3) is 0 Å². The molecular formula is C23H36N6O8. The van der Waals surface area contributed by atoms with Crippen LogP contribution in [0.4, 0.5) is 0 Å². The summed E-state index contributed by atoms with van der Waals surface area (Å²) in [5.41, 5.74) is 0. The number of carbonyl (C=O) groups excluding carboxylic acids is 5. The van der Waals surface area contributed by atoms with Gasteiger partial charge in [-0.1, -0.05) is 0 Å². The van der Waals surface area contributed by atoms with Gasteiger partial charge in [-0.2, -0.15) is 0 Å². The quantitative estimate of drug-likeness (QED) is 0.367. The van der Waals surface area contributed by atoms with Crippen molar-refractivity contribution in [2.24, 2.45) is 0 Å². The zero-order valence-corrected chi connectivity index (χ0v) is 21.5. The molecule has 4 rings (SSSR count). The van der Waals surface area contributed by atoms with E-state index >= 15 is 0 Å². The van der Waals surface area contributed by atoms with Crippen molar-refractivity contribution in [1.82, 2.24) is 30.7 Å². The standard InChI is InChI=1S/C12H19N3O4.C11H17N3O4/c1-13-8-5-6-10(16)14-7-3-4-9(12(18)19-2)15(14)11(8)17;1-12-7-4-5-9(15)13-6-2-3-8(11(17)18)14(13)10(7)16/h8-9,13H,3-7H2,1-2H3;7-8,12H,2-6H2,1H3,(H,17,18)/t8-,9-;7-,8?/m00/s1. The number of rotatable bonds is 4. The first-order chi connectivity index (χ1) is 17.7. The van der Waals surface area contributed by atoms with Crippen LogP contribution in [0.1, 0.15) is 51.4 Å². The molecule has 37 heavy (non-hydrogen) atoms. The van der Waals surface area contributed by atoms with Crippen molar-refractivity contribution < 1.29 is 38.6 Å². The van der Waals surface area contributed by atoms with Gasteiger partial charge in [0.1, 0.15) is 0 Å². The summed E-state index contributed by atoms with van der Waals surface area (Å²) in [5.74, 6) is -2.37. The Kier molecular flexibility index (Phi) is 9.43. The fourth-order valence-corrected chi connectivity index (χ4v) is 5.18. The van der Waals surface area contributed by atoms with Crippen LogP contribution < -0.4 is 10.6 Å². The molecule has 4 aliphatic rings. The van der Waals surface area contributed by atoms with Crippen molar-refractivity contribution in [1.29, 1.82) is 0 Å². The van der Waals surface area contributed by atoms with Gasteiger partial charge in [0.25, 0.3) is 11.8 Å². The Morgan fingerprint density at radius 2 is 1.22 bits per heavy atom. The van der Waals surface area contributed by atoms with Crippen LogP contribution in [0.15, 0.2) is 0 Å². The van der Waals surface area contributed by atoms with Gasteiger partial charge in [0, 0.05) is 25.9 Å². The van der Waals surface area contributed by atoms with Crippen LogP contribution in [-0.2, 0) is 33.5 Å². The van der Waals surface area contributed by atoms with E-state index in [0.717, 1.165) is 5.01 Å². The maximum Gasteiger partial charge on any atom is 0.330 e. The number of hydrogen-bond donors (Lipinski definition) is 3. The second-order valence-corrected chi connectivity index (χ2v) is 9.34. The van der Waals surface area contributed by atoms with Crippen molar-refractivity contribution in [3.05, 3.63) is 0 Å². The Bertz CT molecular complexity index is 929. The highest BCUT2D eigenvalue weighted by Crippen LogP contribution is 2.26. The lowest BCUT2D eigenvalue weighted by Crippen LogP contribution is -2.61. The summed E-state index contributed by atoms with van der Waals surface area (Å²) < 4.78 is 4.74. The number of methoxy groups -OCH3 is 1. The van der Waals surface area contributed by atoms with E-state index in [1.165, 1.54) is 22.1 Å². The van der Waals surface area contributed by atoms with E-state index in [0.29, 0.717) is 58.0 Å². The Balaban J connectivity index is 0.000000206. The summed E-state index contributed by atoms with van der Waals surface area (Å²) >= 11 is 0. The van der Waals surface area contributed by atoms with Gasteiger partial charge in [-0.15, -0.1) is 0 Å². The van der Waals surface area contributed by atoms with Gasteiger partial charge in [0.2, 0.25) is 11.8 Å². The molecule has 4 amide bonds. The van der Waals surface area contributed by atoms with Crippen LogP contribution in [0.5, 0.6) is 0 Å². The van der Waals surface area contributed by atoms with E-state index in [2.05, 4.69) is 10.6 Å². The molecule has 0 spiro atoms. The molecule has 0 aliphatic carbocycles. The maximum atomic E-state index is 12.4. The highest BCUT2D eigenvalue weighted by molar-refractivity contribution is 5.93. The molecule has 0 bridgehead atoms. The third-order valence-corrected chi connectivity index (χ3v) is 7.18. The number of likely N-dealkylation sites (N-methyl/N-ethyl adjacent to an activating group) is 2. The Hall–Kier alpha value is -3.26. The Morgan fingerprint density at radius 3 is 1.62 bits per heavy atom. The number of hydrogen-bond acceptors (Lipinski definition) is 9. The molecule has 14 heteroatoms. The van der Waals surface area contributed by atoms with Gasteiger partial charge in [-0.05, 0) is 52.6 Å². The third-order valence-electron chi connectivity index (χ3n) is 7.18. The summed E-state index contributed by atoms with van der Waals surface area (Å²) in [6.07, 6.45) is 3.65. The van der Waals surface area contributed by atoms with Crippen LogP contribution in [0, 0.1) is 0 Å². The number of carboxylic acid groups (broad SMARTS) is 1. The molecule has 14 nitrogen and oxygen atoms in total. The third kappa shape index (κ3) is 5.85. The zero-order valence-electron chi connectivity index (χ0n) is 21.5. The number of fused-ring (bicyclic) bond motifs is 2. The van der Waals surface area contributed by atoms with Gasteiger partial charge in [0.15, 0.2) is 12.1 Å². The fourth-order valence-electron chi connectivity index (χ4n) is 5.18. The molecule has 4 aliphatic heterocycles. The summed E-state index contributed by atoms with van der Waals surface area (Å²) in [6, 6.07) is -2.54. The molecule has 4 fully saturated rings. The maximum absolute atomic E-state index is 12.4. The lowest BCUT2D eigenvalue weighted by molar-refractivity contribution is -0.182. The average Bonchev–Trinajstić information content (AvgIpc) is 3.11. The molecule has 206 valence electrons. The molecule has 0 aromatic rings. The number of amides is 4. The van der Waals surface area contributed by atoms with Gasteiger partial charge in [-0.25, -0.2) is 19.6 Å². The van der Waals surface area contributed by atoms with Crippen LogP contribution in [-0.4, -0.2) is 119 Å². The Morgan fingerprint density at radius 1 is 0.784 bits per heavy atom. The van der Waals surface area contributed by atoms with Gasteiger partial charge in [-0.3, -0.25) is 29.2 Å². The molecular weight excluding hydrogens is 488 g/mol. The van der Waals surface area contributed by atoms with E-state index in [1.54, 1.807) is 14.1 Å². The molecule has 3 N–H and O–H groups in total. The second-order valence-electron chi connectivity index (χ2n) is 9.34. The van der Waals surface area contributed by atoms with Crippen LogP contribution in [0.2, 0.25) is 0 Å². The smallest absolute Gasteiger partial charge is 0.330 e. The van der Waals surface area contributed by atoms with Crippen LogP contribution in [0.3, 0.4) is 0 Å². The summed E-state index contributed by atoms with van der Waals surface area (Å²) in [7, 11) is 4.61. The molecule has 0 saturated carbocycles. The zero-order chi connectivity index (χ0) is 27.3. The van der Waals surface area contributed by atoms with Crippen molar-refractivity contribution in [3.63, 3.8) is 0 Å². The predicted octanol–water partition coefficient (Wildman–Crippen LogP) is -1.54. The molecule has 0 radical (unpaired) electrons. The fraction of sp³-hybridized carbons (Fsp3) is 0.739. The summed E-state index contributed by atoms with van der Waals surface area (Å²) in [5, 5.41) is 20.1. The number of nitrogens with one attached hydrogen (secondary N) is 2. The molecule has 0 aromatic carbocycles. The van der Waals surface area contributed by atoms with Crippen molar-refractivity contribution in [3.8, 4) is 0 Å². The largest absolute Gasteiger partial charge is 0.480 e. The minimum Gasteiger partial charge on any atom is -0.480 e. The predicted molar refractivity (Wildman–Crippen MR) is 127 cm³/mol. The van der Waals surface area contributed by atoms with Gasteiger partial charge < -0.3 is 20.5 Å². The first-order valence-corrected chi connectivity index (χ1v) is 12.6. The minimum atomic E-state index is -1.06. The lowest BCUT2D eigenvalue weighted by atomic mass is 10.1.